The van der Waals surface area contributed by atoms with E-state index < -0.39 is 23.3 Å². The van der Waals surface area contributed by atoms with Crippen molar-refractivity contribution in [3.63, 3.8) is 0 Å². The van der Waals surface area contributed by atoms with Crippen LogP contribution in [0.2, 0.25) is 0 Å². The van der Waals surface area contributed by atoms with Gasteiger partial charge in [0.2, 0.25) is 0 Å². The zero-order valence-electron chi connectivity index (χ0n) is 18.3. The summed E-state index contributed by atoms with van der Waals surface area (Å²) in [6, 6.07) is 10.0. The van der Waals surface area contributed by atoms with E-state index in [1.807, 2.05) is 6.07 Å². The summed E-state index contributed by atoms with van der Waals surface area (Å²) < 4.78 is 66.8. The van der Waals surface area contributed by atoms with Crippen molar-refractivity contribution in [2.45, 2.75) is 38.9 Å². The van der Waals surface area contributed by atoms with Gasteiger partial charge in [-0.2, -0.15) is 0 Å². The summed E-state index contributed by atoms with van der Waals surface area (Å²) in [6.07, 6.45) is 3.19. The second kappa shape index (κ2) is 10.4. The monoisotopic (exact) mass is 456 g/mol. The molecule has 1 heterocycles. The van der Waals surface area contributed by atoms with Crippen molar-refractivity contribution in [3.8, 4) is 11.8 Å². The first-order valence-corrected chi connectivity index (χ1v) is 11.1. The molecule has 0 spiro atoms. The molecular formula is C27H24F4O2. The molecule has 3 aromatic carbocycles. The van der Waals surface area contributed by atoms with Crippen molar-refractivity contribution >= 4 is 10.8 Å². The van der Waals surface area contributed by atoms with Gasteiger partial charge in [-0.15, -0.1) is 0 Å². The standard InChI is InChI=1S/C27H24F4O2/c1-2-3-19-15-32-25(33-16-19)11-7-18-5-9-20(23(28)13-18)8-4-17-6-10-22-21(12-17)14-24(29)27(31)26(22)30/h5-6,9-10,12-14,19,25H,2-3,7,11,15-16H2,1H3. The van der Waals surface area contributed by atoms with E-state index in [1.54, 1.807) is 6.07 Å². The fraction of sp³-hybridized carbons (Fsp3) is 0.333. The normalized spacial score (nSPS) is 18.2. The second-order valence-electron chi connectivity index (χ2n) is 8.28. The lowest BCUT2D eigenvalue weighted by Crippen LogP contribution is -2.32. The molecule has 0 bridgehead atoms. The predicted molar refractivity (Wildman–Crippen MR) is 119 cm³/mol. The van der Waals surface area contributed by atoms with Gasteiger partial charge in [-0.05, 0) is 54.1 Å². The number of hydrogen-bond donors (Lipinski definition) is 0. The van der Waals surface area contributed by atoms with Gasteiger partial charge < -0.3 is 9.47 Å². The van der Waals surface area contributed by atoms with Crippen molar-refractivity contribution in [1.82, 2.24) is 0 Å². The molecule has 0 aromatic heterocycles. The van der Waals surface area contributed by atoms with E-state index in [0.29, 0.717) is 37.5 Å². The van der Waals surface area contributed by atoms with Crippen molar-refractivity contribution in [2.24, 2.45) is 5.92 Å². The second-order valence-corrected chi connectivity index (χ2v) is 8.28. The van der Waals surface area contributed by atoms with Gasteiger partial charge >= 0.3 is 0 Å². The highest BCUT2D eigenvalue weighted by Gasteiger charge is 2.21. The summed E-state index contributed by atoms with van der Waals surface area (Å²) in [7, 11) is 0. The number of ether oxygens (including phenoxy) is 2. The maximum Gasteiger partial charge on any atom is 0.195 e. The maximum absolute atomic E-state index is 14.6. The zero-order chi connectivity index (χ0) is 23.4. The molecule has 0 radical (unpaired) electrons. The minimum Gasteiger partial charge on any atom is -0.352 e. The van der Waals surface area contributed by atoms with E-state index in [4.69, 9.17) is 9.47 Å². The number of rotatable bonds is 5. The van der Waals surface area contributed by atoms with Gasteiger partial charge in [-0.3, -0.25) is 0 Å². The van der Waals surface area contributed by atoms with Crippen molar-refractivity contribution in [2.75, 3.05) is 13.2 Å². The van der Waals surface area contributed by atoms with Crippen LogP contribution in [0, 0.1) is 41.0 Å². The Bertz CT molecular complexity index is 1200. The van der Waals surface area contributed by atoms with Crippen LogP contribution in [-0.4, -0.2) is 19.5 Å². The van der Waals surface area contributed by atoms with Gasteiger partial charge in [0.05, 0.1) is 18.8 Å². The molecule has 0 amide bonds. The SMILES string of the molecule is CCCC1COC(CCc2ccc(C#Cc3ccc4c(F)c(F)c(F)cc4c3)c(F)c2)OC1. The number of benzene rings is 3. The highest BCUT2D eigenvalue weighted by Crippen LogP contribution is 2.24. The van der Waals surface area contributed by atoms with Gasteiger partial charge in [0.25, 0.3) is 0 Å². The Labute approximate surface area is 190 Å². The van der Waals surface area contributed by atoms with E-state index in [1.165, 1.54) is 24.3 Å². The molecule has 6 heteroatoms. The Kier molecular flexibility index (Phi) is 7.32. The van der Waals surface area contributed by atoms with E-state index >= 15 is 0 Å². The quantitative estimate of drug-likeness (QED) is 0.247. The zero-order valence-corrected chi connectivity index (χ0v) is 18.3. The minimum atomic E-state index is -1.51. The van der Waals surface area contributed by atoms with Crippen LogP contribution >= 0.6 is 0 Å². The highest BCUT2D eigenvalue weighted by atomic mass is 19.2. The van der Waals surface area contributed by atoms with E-state index in [2.05, 4.69) is 18.8 Å². The van der Waals surface area contributed by atoms with Crippen LogP contribution in [0.5, 0.6) is 0 Å². The molecule has 2 nitrogen and oxygen atoms in total. The van der Waals surface area contributed by atoms with Gasteiger partial charge in [-0.1, -0.05) is 37.3 Å². The number of halogens is 4. The molecule has 0 unspecified atom stereocenters. The van der Waals surface area contributed by atoms with E-state index in [9.17, 15) is 17.6 Å². The summed E-state index contributed by atoms with van der Waals surface area (Å²) in [5.74, 6) is 1.53. The first-order chi connectivity index (χ1) is 15.9. The molecule has 1 aliphatic heterocycles. The molecule has 0 aliphatic carbocycles. The van der Waals surface area contributed by atoms with Gasteiger partial charge in [0.1, 0.15) is 5.82 Å². The van der Waals surface area contributed by atoms with Crippen LogP contribution in [-0.2, 0) is 15.9 Å². The van der Waals surface area contributed by atoms with Crippen LogP contribution in [0.25, 0.3) is 10.8 Å². The Morgan fingerprint density at radius 3 is 2.36 bits per heavy atom. The molecule has 1 aliphatic rings. The van der Waals surface area contributed by atoms with Crippen LogP contribution in [0.15, 0.2) is 42.5 Å². The lowest BCUT2D eigenvalue weighted by Gasteiger charge is -2.29. The first kappa shape index (κ1) is 23.3. The third kappa shape index (κ3) is 5.55. The number of hydrogen-bond acceptors (Lipinski definition) is 2. The minimum absolute atomic E-state index is 0.0400. The molecule has 33 heavy (non-hydrogen) atoms. The average Bonchev–Trinajstić information content (AvgIpc) is 2.81. The molecule has 172 valence electrons. The molecule has 0 saturated carbocycles. The largest absolute Gasteiger partial charge is 0.352 e. The van der Waals surface area contributed by atoms with E-state index in [0.717, 1.165) is 24.5 Å². The number of aryl methyl sites for hydroxylation is 1. The Hall–Kier alpha value is -2.88. The van der Waals surface area contributed by atoms with Crippen LogP contribution in [0.1, 0.15) is 42.9 Å². The van der Waals surface area contributed by atoms with Gasteiger partial charge in [0.15, 0.2) is 23.7 Å². The fourth-order valence-corrected chi connectivity index (χ4v) is 3.95. The molecule has 0 atom stereocenters. The molecule has 1 saturated heterocycles. The van der Waals surface area contributed by atoms with Crippen LogP contribution < -0.4 is 0 Å². The lowest BCUT2D eigenvalue weighted by atomic mass is 10.0. The van der Waals surface area contributed by atoms with Gasteiger partial charge in [-0.25, -0.2) is 17.6 Å². The lowest BCUT2D eigenvalue weighted by molar-refractivity contribution is -0.203. The third-order valence-electron chi connectivity index (χ3n) is 5.75. The average molecular weight is 456 g/mol. The van der Waals surface area contributed by atoms with Crippen molar-refractivity contribution < 1.29 is 27.0 Å². The van der Waals surface area contributed by atoms with E-state index in [-0.39, 0.29) is 22.6 Å². The Morgan fingerprint density at radius 1 is 0.848 bits per heavy atom. The maximum atomic E-state index is 14.6. The number of fused-ring (bicyclic) bond motifs is 1. The summed E-state index contributed by atoms with van der Waals surface area (Å²) in [4.78, 5) is 0. The Balaban J connectivity index is 1.41. The molecule has 1 fully saturated rings. The van der Waals surface area contributed by atoms with Crippen molar-refractivity contribution in [3.05, 3.63) is 82.4 Å². The summed E-state index contributed by atoms with van der Waals surface area (Å²) in [6.45, 7) is 3.54. The van der Waals surface area contributed by atoms with Crippen LogP contribution in [0.4, 0.5) is 17.6 Å². The van der Waals surface area contributed by atoms with Crippen LogP contribution in [0.3, 0.4) is 0 Å². The summed E-state index contributed by atoms with van der Waals surface area (Å²) >= 11 is 0. The first-order valence-electron chi connectivity index (χ1n) is 11.1. The molecule has 4 rings (SSSR count). The smallest absolute Gasteiger partial charge is 0.195 e. The topological polar surface area (TPSA) is 18.5 Å². The van der Waals surface area contributed by atoms with Crippen molar-refractivity contribution in [1.29, 1.82) is 0 Å². The van der Waals surface area contributed by atoms with Gasteiger partial charge in [0, 0.05) is 23.3 Å². The Morgan fingerprint density at radius 2 is 1.64 bits per heavy atom. The third-order valence-corrected chi connectivity index (χ3v) is 5.75. The summed E-state index contributed by atoms with van der Waals surface area (Å²) in [5.41, 5.74) is 1.46. The predicted octanol–water partition coefficient (Wildman–Crippen LogP) is 6.52. The molecule has 0 N–H and O–H groups in total. The fourth-order valence-electron chi connectivity index (χ4n) is 3.95. The summed E-state index contributed by atoms with van der Waals surface area (Å²) in [5, 5.41) is 0.143. The highest BCUT2D eigenvalue weighted by molar-refractivity contribution is 5.84. The molecular weight excluding hydrogens is 432 g/mol. The molecule has 3 aromatic rings.